The van der Waals surface area contributed by atoms with Crippen LogP contribution < -0.4 is 0 Å². The van der Waals surface area contributed by atoms with Gasteiger partial charge in [-0.1, -0.05) is 77.9 Å². The summed E-state index contributed by atoms with van der Waals surface area (Å²) in [6, 6.07) is 17.1. The van der Waals surface area contributed by atoms with Crippen molar-refractivity contribution in [2.75, 3.05) is 0 Å². The van der Waals surface area contributed by atoms with Crippen LogP contribution >= 0.6 is 0 Å². The molecule has 0 radical (unpaired) electrons. The predicted octanol–water partition coefficient (Wildman–Crippen LogP) is 5.70. The van der Waals surface area contributed by atoms with E-state index in [0.717, 1.165) is 5.56 Å². The summed E-state index contributed by atoms with van der Waals surface area (Å²) in [5.41, 5.74) is 3.49. The molecule has 2 aromatic rings. The minimum atomic E-state index is -0.918. The van der Waals surface area contributed by atoms with Crippen LogP contribution in [0.3, 0.4) is 0 Å². The van der Waals surface area contributed by atoms with Crippen molar-refractivity contribution in [3.63, 3.8) is 0 Å². The van der Waals surface area contributed by atoms with Gasteiger partial charge in [0.25, 0.3) is 0 Å². The van der Waals surface area contributed by atoms with Crippen molar-refractivity contribution < 1.29 is 9.53 Å². The van der Waals surface area contributed by atoms with Gasteiger partial charge in [-0.05, 0) is 34.1 Å². The van der Waals surface area contributed by atoms with E-state index >= 15 is 0 Å². The second-order valence-corrected chi connectivity index (χ2v) is 8.61. The molecular weight excluding hydrogens is 322 g/mol. The molecule has 0 aliphatic rings. The molecule has 0 aliphatic carbocycles. The monoisotopic (exact) mass is 349 g/mol. The second-order valence-electron chi connectivity index (χ2n) is 8.61. The fourth-order valence-electron chi connectivity index (χ4n) is 2.61. The van der Waals surface area contributed by atoms with Crippen LogP contribution in [0.1, 0.15) is 74.7 Å². The van der Waals surface area contributed by atoms with Crippen LogP contribution in [0.25, 0.3) is 0 Å². The zero-order valence-corrected chi connectivity index (χ0v) is 16.5. The first-order valence-corrected chi connectivity index (χ1v) is 8.84. The molecule has 2 rings (SSSR count). The number of hydrogen-bond acceptors (Lipinski definition) is 3. The lowest BCUT2D eigenvalue weighted by Gasteiger charge is -2.20. The zero-order chi connectivity index (χ0) is 19.5. The third-order valence-corrected chi connectivity index (χ3v) is 4.41. The summed E-state index contributed by atoms with van der Waals surface area (Å²) < 4.78 is 5.42. The first-order chi connectivity index (χ1) is 12.0. The van der Waals surface area contributed by atoms with Crippen molar-refractivity contribution >= 4 is 5.97 Å². The first-order valence-electron chi connectivity index (χ1n) is 8.84. The molecule has 0 heterocycles. The van der Waals surface area contributed by atoms with Crippen LogP contribution in [0.5, 0.6) is 0 Å². The number of rotatable bonds is 3. The number of hydrogen-bond donors (Lipinski definition) is 0. The van der Waals surface area contributed by atoms with Gasteiger partial charge in [-0.15, -0.1) is 0 Å². The number of ether oxygens (including phenoxy) is 1. The SMILES string of the molecule is CC(C)(C)c1ccc(C(=O)OC(C#N)c2ccc(C(C)(C)C)cc2)cc1. The van der Waals surface area contributed by atoms with Crippen LogP contribution in [0.4, 0.5) is 0 Å². The van der Waals surface area contributed by atoms with E-state index in [1.165, 1.54) is 5.56 Å². The molecule has 136 valence electrons. The fraction of sp³-hybridized carbons (Fsp3) is 0.391. The predicted molar refractivity (Wildman–Crippen MR) is 104 cm³/mol. The smallest absolute Gasteiger partial charge is 0.339 e. The Morgan fingerprint density at radius 1 is 0.846 bits per heavy atom. The van der Waals surface area contributed by atoms with E-state index in [9.17, 15) is 10.1 Å². The van der Waals surface area contributed by atoms with Crippen LogP contribution in [0, 0.1) is 11.3 Å². The van der Waals surface area contributed by atoms with Crippen molar-refractivity contribution in [1.82, 2.24) is 0 Å². The molecule has 0 aliphatic heterocycles. The van der Waals surface area contributed by atoms with Crippen LogP contribution in [0.15, 0.2) is 48.5 Å². The molecule has 0 bridgehead atoms. The Balaban J connectivity index is 2.15. The van der Waals surface area contributed by atoms with Crippen LogP contribution in [0.2, 0.25) is 0 Å². The number of nitriles is 1. The zero-order valence-electron chi connectivity index (χ0n) is 16.5. The largest absolute Gasteiger partial charge is 0.438 e. The molecule has 0 aromatic heterocycles. The summed E-state index contributed by atoms with van der Waals surface area (Å²) >= 11 is 0. The van der Waals surface area contributed by atoms with Gasteiger partial charge in [0.15, 0.2) is 0 Å². The number of carbonyl (C=O) groups excluding carboxylic acids is 1. The Labute approximate surface area is 156 Å². The van der Waals surface area contributed by atoms with E-state index in [0.29, 0.717) is 11.1 Å². The molecule has 3 nitrogen and oxygen atoms in total. The van der Waals surface area contributed by atoms with E-state index in [2.05, 4.69) is 47.6 Å². The molecule has 3 heteroatoms. The Bertz CT molecular complexity index is 798. The highest BCUT2D eigenvalue weighted by molar-refractivity contribution is 5.89. The maximum absolute atomic E-state index is 12.4. The van der Waals surface area contributed by atoms with E-state index in [1.54, 1.807) is 12.1 Å². The van der Waals surface area contributed by atoms with Gasteiger partial charge in [-0.2, -0.15) is 5.26 Å². The summed E-state index contributed by atoms with van der Waals surface area (Å²) in [6.07, 6.45) is -0.918. The molecule has 0 saturated carbocycles. The topological polar surface area (TPSA) is 50.1 Å². The third kappa shape index (κ3) is 4.73. The van der Waals surface area contributed by atoms with Gasteiger partial charge >= 0.3 is 5.97 Å². The molecule has 1 unspecified atom stereocenters. The molecule has 0 fully saturated rings. The molecule has 2 aromatic carbocycles. The summed E-state index contributed by atoms with van der Waals surface area (Å²) in [7, 11) is 0. The second kappa shape index (κ2) is 7.33. The number of esters is 1. The molecular formula is C23H27NO2. The first kappa shape index (κ1) is 19.7. The standard InChI is InChI=1S/C23H27NO2/c1-22(2,3)18-11-7-16(8-12-18)20(15-24)26-21(25)17-9-13-19(14-10-17)23(4,5)6/h7-14,20H,1-6H3. The summed E-state index contributed by atoms with van der Waals surface area (Å²) in [6.45, 7) is 12.7. The van der Waals surface area contributed by atoms with Crippen LogP contribution in [-0.4, -0.2) is 5.97 Å². The average Bonchev–Trinajstić information content (AvgIpc) is 2.58. The highest BCUT2D eigenvalue weighted by atomic mass is 16.5. The average molecular weight is 349 g/mol. The molecule has 0 spiro atoms. The van der Waals surface area contributed by atoms with E-state index in [-0.39, 0.29) is 10.8 Å². The highest BCUT2D eigenvalue weighted by Gasteiger charge is 2.20. The Hall–Kier alpha value is -2.60. The van der Waals surface area contributed by atoms with Gasteiger partial charge in [-0.25, -0.2) is 4.79 Å². The van der Waals surface area contributed by atoms with Crippen molar-refractivity contribution in [2.45, 2.75) is 58.5 Å². The Morgan fingerprint density at radius 2 is 1.27 bits per heavy atom. The normalized spacial score (nSPS) is 13.0. The molecule has 26 heavy (non-hydrogen) atoms. The third-order valence-electron chi connectivity index (χ3n) is 4.41. The minimum Gasteiger partial charge on any atom is -0.438 e. The number of nitrogens with zero attached hydrogens (tertiary/aromatic N) is 1. The van der Waals surface area contributed by atoms with Gasteiger partial charge in [0.05, 0.1) is 5.56 Å². The van der Waals surface area contributed by atoms with Gasteiger partial charge in [0, 0.05) is 5.56 Å². The quantitative estimate of drug-likeness (QED) is 0.668. The van der Waals surface area contributed by atoms with Crippen LogP contribution in [-0.2, 0) is 15.6 Å². The van der Waals surface area contributed by atoms with Crippen molar-refractivity contribution in [3.05, 3.63) is 70.8 Å². The summed E-state index contributed by atoms with van der Waals surface area (Å²) in [5, 5.41) is 9.43. The van der Waals surface area contributed by atoms with E-state index in [4.69, 9.17) is 4.74 Å². The highest BCUT2D eigenvalue weighted by Crippen LogP contribution is 2.26. The van der Waals surface area contributed by atoms with E-state index < -0.39 is 12.1 Å². The summed E-state index contributed by atoms with van der Waals surface area (Å²) in [5.74, 6) is -0.489. The lowest BCUT2D eigenvalue weighted by molar-refractivity contribution is 0.0404. The molecule has 1 atom stereocenters. The van der Waals surface area contributed by atoms with E-state index in [1.807, 2.05) is 36.4 Å². The lowest BCUT2D eigenvalue weighted by Crippen LogP contribution is -2.14. The Morgan fingerprint density at radius 3 is 1.65 bits per heavy atom. The molecule has 0 N–H and O–H groups in total. The molecule has 0 saturated heterocycles. The fourth-order valence-corrected chi connectivity index (χ4v) is 2.61. The maximum atomic E-state index is 12.4. The molecule has 0 amide bonds. The van der Waals surface area contributed by atoms with Gasteiger partial charge in [0.2, 0.25) is 6.10 Å². The van der Waals surface area contributed by atoms with Gasteiger partial charge < -0.3 is 4.74 Å². The van der Waals surface area contributed by atoms with Crippen molar-refractivity contribution in [2.24, 2.45) is 0 Å². The minimum absolute atomic E-state index is 0.0203. The summed E-state index contributed by atoms with van der Waals surface area (Å²) in [4.78, 5) is 12.4. The lowest BCUT2D eigenvalue weighted by atomic mass is 9.86. The van der Waals surface area contributed by atoms with Crippen molar-refractivity contribution in [3.8, 4) is 6.07 Å². The van der Waals surface area contributed by atoms with Gasteiger partial charge in [0.1, 0.15) is 6.07 Å². The number of carbonyl (C=O) groups is 1. The Kier molecular flexibility index (Phi) is 5.56. The maximum Gasteiger partial charge on any atom is 0.339 e. The van der Waals surface area contributed by atoms with Gasteiger partial charge in [-0.3, -0.25) is 0 Å². The number of benzene rings is 2. The van der Waals surface area contributed by atoms with Crippen molar-refractivity contribution in [1.29, 1.82) is 5.26 Å².